The summed E-state index contributed by atoms with van der Waals surface area (Å²) in [6.45, 7) is 4.47. The quantitative estimate of drug-likeness (QED) is 0.849. The minimum absolute atomic E-state index is 0.243. The van der Waals surface area contributed by atoms with E-state index in [0.29, 0.717) is 16.2 Å². The van der Waals surface area contributed by atoms with E-state index in [1.807, 2.05) is 6.07 Å². The van der Waals surface area contributed by atoms with Crippen LogP contribution in [-0.2, 0) is 0 Å². The molecule has 3 rings (SSSR count). The van der Waals surface area contributed by atoms with Crippen molar-refractivity contribution in [2.75, 3.05) is 13.1 Å². The number of aromatic hydroxyl groups is 1. The topological polar surface area (TPSA) is 23.5 Å². The molecule has 1 aromatic carbocycles. The molecule has 1 saturated carbocycles. The maximum atomic E-state index is 10.1. The van der Waals surface area contributed by atoms with E-state index >= 15 is 0 Å². The molecule has 1 aliphatic heterocycles. The summed E-state index contributed by atoms with van der Waals surface area (Å²) in [4.78, 5) is 2.49. The fourth-order valence-corrected chi connectivity index (χ4v) is 4.25. The van der Waals surface area contributed by atoms with Crippen LogP contribution in [0.1, 0.15) is 57.1 Å². The van der Waals surface area contributed by atoms with Gasteiger partial charge in [-0.3, -0.25) is 4.90 Å². The average molecular weight is 294 g/mol. The van der Waals surface area contributed by atoms with Gasteiger partial charge in [0, 0.05) is 16.6 Å². The van der Waals surface area contributed by atoms with Crippen LogP contribution in [0.3, 0.4) is 0 Å². The smallest absolute Gasteiger partial charge is 0.120 e. The normalized spacial score (nSPS) is 24.1. The van der Waals surface area contributed by atoms with Gasteiger partial charge in [0.2, 0.25) is 0 Å². The summed E-state index contributed by atoms with van der Waals surface area (Å²) in [5.41, 5.74) is 1.60. The van der Waals surface area contributed by atoms with E-state index in [9.17, 15) is 5.11 Å². The highest BCUT2D eigenvalue weighted by Crippen LogP contribution is 2.47. The second-order valence-electron chi connectivity index (χ2n) is 6.62. The van der Waals surface area contributed by atoms with Gasteiger partial charge >= 0.3 is 0 Å². The summed E-state index contributed by atoms with van der Waals surface area (Å²) in [5, 5.41) is 10.8. The van der Waals surface area contributed by atoms with Crippen LogP contribution in [0, 0.1) is 5.41 Å². The molecule has 3 heteroatoms. The number of phenolic OH excluding ortho intramolecular Hbond substituents is 1. The molecule has 1 heterocycles. The van der Waals surface area contributed by atoms with Gasteiger partial charge in [-0.25, -0.2) is 0 Å². The van der Waals surface area contributed by atoms with Crippen LogP contribution in [0.5, 0.6) is 5.75 Å². The third-order valence-corrected chi connectivity index (χ3v) is 5.75. The van der Waals surface area contributed by atoms with Gasteiger partial charge in [-0.2, -0.15) is 0 Å². The molecule has 0 bridgehead atoms. The molecule has 2 nitrogen and oxygen atoms in total. The van der Waals surface area contributed by atoms with Crippen molar-refractivity contribution in [2.24, 2.45) is 5.41 Å². The van der Waals surface area contributed by atoms with Crippen LogP contribution in [0.15, 0.2) is 18.2 Å². The van der Waals surface area contributed by atoms with Gasteiger partial charge in [0.25, 0.3) is 0 Å². The Kier molecular flexibility index (Phi) is 3.96. The highest BCUT2D eigenvalue weighted by molar-refractivity contribution is 6.30. The molecule has 2 aliphatic rings. The highest BCUT2D eigenvalue weighted by atomic mass is 35.5. The molecule has 0 aromatic heterocycles. The minimum atomic E-state index is 0.243. The molecule has 20 heavy (non-hydrogen) atoms. The number of halogens is 1. The third kappa shape index (κ3) is 2.68. The molecule has 0 radical (unpaired) electrons. The molecule has 110 valence electrons. The number of rotatable bonds is 2. The molecule has 2 fully saturated rings. The number of benzene rings is 1. The van der Waals surface area contributed by atoms with Gasteiger partial charge in [0.15, 0.2) is 0 Å². The van der Waals surface area contributed by atoms with Gasteiger partial charge in [-0.05, 0) is 69.3 Å². The average Bonchev–Trinajstić information content (AvgIpc) is 2.90. The first-order valence-corrected chi connectivity index (χ1v) is 8.20. The van der Waals surface area contributed by atoms with Crippen molar-refractivity contribution in [1.82, 2.24) is 4.90 Å². The van der Waals surface area contributed by atoms with Gasteiger partial charge in [0.1, 0.15) is 5.75 Å². The fraction of sp³-hybridized carbons (Fsp3) is 0.647. The van der Waals surface area contributed by atoms with Crippen molar-refractivity contribution in [1.29, 1.82) is 0 Å². The van der Waals surface area contributed by atoms with Crippen molar-refractivity contribution in [3.05, 3.63) is 28.8 Å². The lowest BCUT2D eigenvalue weighted by Crippen LogP contribution is -2.40. The van der Waals surface area contributed by atoms with E-state index in [2.05, 4.69) is 11.8 Å². The first kappa shape index (κ1) is 14.2. The summed E-state index contributed by atoms with van der Waals surface area (Å²) >= 11 is 6.07. The van der Waals surface area contributed by atoms with Crippen LogP contribution in [0.25, 0.3) is 0 Å². The number of hydrogen-bond acceptors (Lipinski definition) is 2. The van der Waals surface area contributed by atoms with Crippen LogP contribution in [0.4, 0.5) is 0 Å². The summed E-state index contributed by atoms with van der Waals surface area (Å²) < 4.78 is 0. The third-order valence-electron chi connectivity index (χ3n) is 5.51. The van der Waals surface area contributed by atoms with E-state index in [1.54, 1.807) is 12.1 Å². The summed E-state index contributed by atoms with van der Waals surface area (Å²) in [5.74, 6) is 0.364. The maximum Gasteiger partial charge on any atom is 0.120 e. The van der Waals surface area contributed by atoms with E-state index < -0.39 is 0 Å². The second kappa shape index (κ2) is 5.57. The lowest BCUT2D eigenvalue weighted by molar-refractivity contribution is 0.0806. The Bertz CT molecular complexity index is 472. The summed E-state index contributed by atoms with van der Waals surface area (Å²) in [6, 6.07) is 5.60. The Morgan fingerprint density at radius 2 is 1.80 bits per heavy atom. The van der Waals surface area contributed by atoms with Crippen molar-refractivity contribution in [2.45, 2.75) is 51.5 Å². The fourth-order valence-electron chi connectivity index (χ4n) is 4.07. The zero-order chi connectivity index (χ0) is 14.2. The number of hydrogen-bond donors (Lipinski definition) is 1. The second-order valence-corrected chi connectivity index (χ2v) is 7.06. The van der Waals surface area contributed by atoms with E-state index in [4.69, 9.17) is 11.6 Å². The van der Waals surface area contributed by atoms with Crippen molar-refractivity contribution < 1.29 is 5.11 Å². The molecular formula is C17H24ClNO. The van der Waals surface area contributed by atoms with Crippen LogP contribution in [-0.4, -0.2) is 23.1 Å². The summed E-state index contributed by atoms with van der Waals surface area (Å²) in [6.07, 6.45) is 8.34. The largest absolute Gasteiger partial charge is 0.508 e. The molecule has 1 unspecified atom stereocenters. The molecule has 1 N–H and O–H groups in total. The highest BCUT2D eigenvalue weighted by Gasteiger charge is 2.38. The van der Waals surface area contributed by atoms with Gasteiger partial charge in [-0.15, -0.1) is 0 Å². The summed E-state index contributed by atoms with van der Waals surface area (Å²) in [7, 11) is 0. The van der Waals surface area contributed by atoms with Crippen molar-refractivity contribution in [3.8, 4) is 5.75 Å². The van der Waals surface area contributed by atoms with E-state index in [-0.39, 0.29) is 6.04 Å². The van der Waals surface area contributed by atoms with E-state index in [1.165, 1.54) is 38.5 Å². The number of phenols is 1. The first-order chi connectivity index (χ1) is 9.60. The zero-order valence-corrected chi connectivity index (χ0v) is 13.0. The van der Waals surface area contributed by atoms with Crippen LogP contribution in [0.2, 0.25) is 5.02 Å². The van der Waals surface area contributed by atoms with Gasteiger partial charge < -0.3 is 5.11 Å². The lowest BCUT2D eigenvalue weighted by Gasteiger charge is -2.42. The number of likely N-dealkylation sites (tertiary alicyclic amines) is 1. The SMILES string of the molecule is CC(c1cc(Cl)ccc1O)N1CCC2(CCCC2)CC1. The predicted octanol–water partition coefficient (Wildman–Crippen LogP) is 4.76. The van der Waals surface area contributed by atoms with E-state index in [0.717, 1.165) is 18.7 Å². The Morgan fingerprint density at radius 1 is 1.15 bits per heavy atom. The van der Waals surface area contributed by atoms with Crippen molar-refractivity contribution in [3.63, 3.8) is 0 Å². The van der Waals surface area contributed by atoms with Gasteiger partial charge in [0.05, 0.1) is 0 Å². The Labute approximate surface area is 126 Å². The van der Waals surface area contributed by atoms with Gasteiger partial charge in [-0.1, -0.05) is 24.4 Å². The molecule has 1 saturated heterocycles. The molecule has 1 aromatic rings. The predicted molar refractivity (Wildman–Crippen MR) is 83.2 cm³/mol. The van der Waals surface area contributed by atoms with Crippen LogP contribution >= 0.6 is 11.6 Å². The molecule has 1 atom stereocenters. The van der Waals surface area contributed by atoms with Crippen LogP contribution < -0.4 is 0 Å². The Hall–Kier alpha value is -0.730. The molecule has 1 spiro atoms. The molecule has 1 aliphatic carbocycles. The molecule has 0 amide bonds. The Morgan fingerprint density at radius 3 is 2.45 bits per heavy atom. The maximum absolute atomic E-state index is 10.1. The number of nitrogens with zero attached hydrogens (tertiary/aromatic N) is 1. The van der Waals surface area contributed by atoms with Crippen molar-refractivity contribution >= 4 is 11.6 Å². The zero-order valence-electron chi connectivity index (χ0n) is 12.2. The first-order valence-electron chi connectivity index (χ1n) is 7.82. The number of piperidine rings is 1. The minimum Gasteiger partial charge on any atom is -0.508 e. The molecular weight excluding hydrogens is 270 g/mol. The Balaban J connectivity index is 1.69. The monoisotopic (exact) mass is 293 g/mol. The lowest BCUT2D eigenvalue weighted by atomic mass is 9.76. The standard InChI is InChI=1S/C17H24ClNO/c1-13(15-12-14(18)4-5-16(15)20)19-10-8-17(9-11-19)6-2-3-7-17/h4-5,12-13,20H,2-3,6-11H2,1H3.